The fourth-order valence-electron chi connectivity index (χ4n) is 6.79. The van der Waals surface area contributed by atoms with E-state index in [2.05, 4.69) is 136 Å². The maximum atomic E-state index is 12.8. The second kappa shape index (κ2) is 53.4. The van der Waals surface area contributed by atoms with Crippen LogP contribution in [-0.2, 0) is 28.6 Å². The van der Waals surface area contributed by atoms with E-state index in [1.165, 1.54) is 57.8 Å². The molecule has 0 bridgehead atoms. The van der Waals surface area contributed by atoms with Crippen LogP contribution in [0.15, 0.2) is 122 Å². The minimum atomic E-state index is -0.827. The van der Waals surface area contributed by atoms with E-state index < -0.39 is 6.10 Å². The van der Waals surface area contributed by atoms with Gasteiger partial charge in [0.25, 0.3) is 0 Å². The quantitative estimate of drug-likeness (QED) is 0.0199. The molecule has 66 heavy (non-hydrogen) atoms. The molecule has 0 saturated heterocycles. The van der Waals surface area contributed by atoms with E-state index in [4.69, 9.17) is 14.2 Å². The van der Waals surface area contributed by atoms with Crippen molar-refractivity contribution in [2.45, 2.75) is 226 Å². The van der Waals surface area contributed by atoms with Crippen molar-refractivity contribution in [1.29, 1.82) is 0 Å². The van der Waals surface area contributed by atoms with Crippen LogP contribution in [0.25, 0.3) is 0 Å². The van der Waals surface area contributed by atoms with Gasteiger partial charge >= 0.3 is 17.9 Å². The molecular weight excluding hydrogens is 817 g/mol. The summed E-state index contributed by atoms with van der Waals surface area (Å²) < 4.78 is 16.7. The van der Waals surface area contributed by atoms with Crippen LogP contribution in [0.3, 0.4) is 0 Å². The summed E-state index contributed by atoms with van der Waals surface area (Å²) in [6, 6.07) is 0. The van der Waals surface area contributed by atoms with Gasteiger partial charge in [0.1, 0.15) is 13.2 Å². The number of esters is 3. The summed E-state index contributed by atoms with van der Waals surface area (Å²) in [5.74, 6) is -1.02. The number of unbranched alkanes of at least 4 members (excludes halogenated alkanes) is 19. The lowest BCUT2D eigenvalue weighted by Gasteiger charge is -2.18. The van der Waals surface area contributed by atoms with Gasteiger partial charge in [-0.1, -0.05) is 219 Å². The molecule has 0 aromatic heterocycles. The second-order valence-corrected chi connectivity index (χ2v) is 17.2. The van der Waals surface area contributed by atoms with E-state index in [9.17, 15) is 14.4 Å². The largest absolute Gasteiger partial charge is 0.462 e. The molecule has 0 amide bonds. The molecule has 0 aliphatic heterocycles. The lowest BCUT2D eigenvalue weighted by molar-refractivity contribution is -0.167. The zero-order chi connectivity index (χ0) is 47.9. The topological polar surface area (TPSA) is 78.9 Å². The summed E-state index contributed by atoms with van der Waals surface area (Å²) in [6.45, 7) is 6.36. The summed E-state index contributed by atoms with van der Waals surface area (Å²) in [7, 11) is 0. The lowest BCUT2D eigenvalue weighted by Crippen LogP contribution is -2.30. The predicted octanol–water partition coefficient (Wildman–Crippen LogP) is 17.7. The molecule has 0 heterocycles. The van der Waals surface area contributed by atoms with Gasteiger partial charge in [-0.25, -0.2) is 0 Å². The van der Waals surface area contributed by atoms with Crippen LogP contribution in [-0.4, -0.2) is 37.2 Å². The number of ether oxygens (including phenoxy) is 3. The fraction of sp³-hybridized carbons (Fsp3) is 0.617. The Kier molecular flexibility index (Phi) is 50.0. The van der Waals surface area contributed by atoms with Gasteiger partial charge in [0.05, 0.1) is 0 Å². The van der Waals surface area contributed by atoms with Gasteiger partial charge in [0, 0.05) is 19.3 Å². The maximum absolute atomic E-state index is 12.8. The average Bonchev–Trinajstić information content (AvgIpc) is 3.31. The maximum Gasteiger partial charge on any atom is 0.306 e. The van der Waals surface area contributed by atoms with Gasteiger partial charge in [-0.05, 0) is 103 Å². The SMILES string of the molecule is CC/C=C/C=C/C=C/CCCCCCCC(=O)OCC(COC(=O)CCCCCCC/C=C/C=C/C=C/CCCCCCC)OC(=O)CCC/C=C/C/C=C/C/C=C/C/C=C/CCCCC. The van der Waals surface area contributed by atoms with Crippen LogP contribution < -0.4 is 0 Å². The zero-order valence-corrected chi connectivity index (χ0v) is 42.4. The van der Waals surface area contributed by atoms with Gasteiger partial charge in [0.2, 0.25) is 0 Å². The monoisotopic (exact) mass is 913 g/mol. The third-order valence-corrected chi connectivity index (χ3v) is 10.8. The van der Waals surface area contributed by atoms with Crippen molar-refractivity contribution in [1.82, 2.24) is 0 Å². The Morgan fingerprint density at radius 2 is 0.667 bits per heavy atom. The standard InChI is InChI=1S/C60H96O6/c1-4-7-10-13-16-19-22-25-27-29-31-32-35-38-41-44-47-50-53-59(62)65-56-57(55-64-58(61)52-49-46-43-40-37-34-24-21-18-15-12-9-6-3)66-60(63)54-51-48-45-42-39-36-33-30-28-26-23-20-17-14-11-8-5-2/h9,12,15,17-18,20-22,24-29,31-33,36,42,45,57H,4-8,10-11,13-14,16,19,23,30,34-35,37-41,43-44,46-56H2,1-3H3/b12-9+,18-15+,20-17+,24-21+,25-22+,28-26+,29-27+,32-31+,36-33+,45-42+. The van der Waals surface area contributed by atoms with Crippen LogP contribution in [0.2, 0.25) is 0 Å². The summed E-state index contributed by atoms with van der Waals surface area (Å²) in [4.78, 5) is 38.0. The van der Waals surface area contributed by atoms with E-state index in [1.807, 2.05) is 6.08 Å². The molecule has 0 radical (unpaired) electrons. The Balaban J connectivity index is 4.56. The normalized spacial score (nSPS) is 13.1. The zero-order valence-electron chi connectivity index (χ0n) is 42.4. The molecule has 0 aromatic carbocycles. The molecule has 1 unspecified atom stereocenters. The van der Waals surface area contributed by atoms with E-state index in [0.29, 0.717) is 19.3 Å². The smallest absolute Gasteiger partial charge is 0.306 e. The molecule has 0 N–H and O–H groups in total. The molecule has 6 heteroatoms. The van der Waals surface area contributed by atoms with Crippen molar-refractivity contribution in [2.75, 3.05) is 13.2 Å². The molecule has 1 atom stereocenters. The first kappa shape index (κ1) is 61.8. The Morgan fingerprint density at radius 1 is 0.333 bits per heavy atom. The van der Waals surface area contributed by atoms with Crippen LogP contribution >= 0.6 is 0 Å². The summed E-state index contributed by atoms with van der Waals surface area (Å²) >= 11 is 0. The summed E-state index contributed by atoms with van der Waals surface area (Å²) in [5.41, 5.74) is 0. The van der Waals surface area contributed by atoms with E-state index >= 15 is 0 Å². The highest BCUT2D eigenvalue weighted by atomic mass is 16.6. The van der Waals surface area contributed by atoms with Crippen molar-refractivity contribution in [2.24, 2.45) is 0 Å². The lowest BCUT2D eigenvalue weighted by atomic mass is 10.1. The number of carbonyl (C=O) groups excluding carboxylic acids is 3. The Bertz CT molecular complexity index is 1420. The minimum Gasteiger partial charge on any atom is -0.462 e. The Labute approximate surface area is 405 Å². The molecule has 372 valence electrons. The van der Waals surface area contributed by atoms with Gasteiger partial charge in [-0.3, -0.25) is 14.4 Å². The Hall–Kier alpha value is -4.19. The summed E-state index contributed by atoms with van der Waals surface area (Å²) in [6.07, 6.45) is 73.3. The minimum absolute atomic E-state index is 0.121. The van der Waals surface area contributed by atoms with Crippen molar-refractivity contribution in [3.63, 3.8) is 0 Å². The molecule has 0 rings (SSSR count). The van der Waals surface area contributed by atoms with Gasteiger partial charge < -0.3 is 14.2 Å². The van der Waals surface area contributed by atoms with Gasteiger partial charge in [-0.15, -0.1) is 0 Å². The molecule has 0 saturated carbocycles. The molecule has 0 aromatic rings. The van der Waals surface area contributed by atoms with Gasteiger partial charge in [0.15, 0.2) is 6.10 Å². The number of hydrogen-bond donors (Lipinski definition) is 0. The first-order valence-corrected chi connectivity index (χ1v) is 26.6. The molecule has 0 fully saturated rings. The van der Waals surface area contributed by atoms with E-state index in [0.717, 1.165) is 116 Å². The number of hydrogen-bond acceptors (Lipinski definition) is 6. The van der Waals surface area contributed by atoms with Crippen LogP contribution in [0.4, 0.5) is 0 Å². The molecule has 6 nitrogen and oxygen atoms in total. The van der Waals surface area contributed by atoms with Crippen molar-refractivity contribution in [3.05, 3.63) is 122 Å². The highest BCUT2D eigenvalue weighted by Crippen LogP contribution is 2.12. The molecular formula is C60H96O6. The third kappa shape index (κ3) is 50.8. The van der Waals surface area contributed by atoms with Crippen molar-refractivity contribution in [3.8, 4) is 0 Å². The fourth-order valence-corrected chi connectivity index (χ4v) is 6.79. The average molecular weight is 913 g/mol. The van der Waals surface area contributed by atoms with Crippen LogP contribution in [0.1, 0.15) is 220 Å². The van der Waals surface area contributed by atoms with Crippen LogP contribution in [0.5, 0.6) is 0 Å². The van der Waals surface area contributed by atoms with E-state index in [-0.39, 0.29) is 37.5 Å². The first-order valence-electron chi connectivity index (χ1n) is 26.6. The predicted molar refractivity (Wildman–Crippen MR) is 283 cm³/mol. The first-order chi connectivity index (χ1) is 32.5. The molecule has 0 aliphatic carbocycles. The van der Waals surface area contributed by atoms with Gasteiger partial charge in [-0.2, -0.15) is 0 Å². The van der Waals surface area contributed by atoms with Crippen molar-refractivity contribution >= 4 is 17.9 Å². The number of rotatable bonds is 46. The molecule has 0 spiro atoms. The summed E-state index contributed by atoms with van der Waals surface area (Å²) in [5, 5.41) is 0. The third-order valence-electron chi connectivity index (χ3n) is 10.8. The van der Waals surface area contributed by atoms with E-state index in [1.54, 1.807) is 0 Å². The Morgan fingerprint density at radius 3 is 1.12 bits per heavy atom. The second-order valence-electron chi connectivity index (χ2n) is 17.2. The molecule has 0 aliphatic rings. The highest BCUT2D eigenvalue weighted by molar-refractivity contribution is 5.71. The van der Waals surface area contributed by atoms with Crippen molar-refractivity contribution < 1.29 is 28.6 Å². The number of allylic oxidation sites excluding steroid dienone is 20. The number of carbonyl (C=O) groups is 3. The highest BCUT2D eigenvalue weighted by Gasteiger charge is 2.19. The van der Waals surface area contributed by atoms with Crippen LogP contribution in [0, 0.1) is 0 Å².